The standard InChI is InChI=1S/C21H25NO4/c1-25-20-4-3-13-9-19-17-8-16(12-24)15(11-23)7-14(17)5-6-22(19)10-18(13)21(20)26-2/h3-4,7-8,19,23-24H,5-6,9-12H2,1-2H3/t19-/m1/s1. The lowest BCUT2D eigenvalue weighted by atomic mass is 9.82. The van der Waals surface area contributed by atoms with Crippen LogP contribution < -0.4 is 9.47 Å². The molecule has 2 aromatic carbocycles. The second kappa shape index (κ2) is 6.91. The number of hydrogen-bond donors (Lipinski definition) is 2. The smallest absolute Gasteiger partial charge is 0.165 e. The molecule has 0 spiro atoms. The monoisotopic (exact) mass is 355 g/mol. The van der Waals surface area contributed by atoms with E-state index in [4.69, 9.17) is 9.47 Å². The highest BCUT2D eigenvalue weighted by Crippen LogP contribution is 2.44. The normalized spacial score (nSPS) is 18.7. The van der Waals surface area contributed by atoms with Crippen LogP contribution in [0, 0.1) is 0 Å². The van der Waals surface area contributed by atoms with Crippen molar-refractivity contribution in [3.8, 4) is 11.5 Å². The minimum absolute atomic E-state index is 0.0304. The maximum Gasteiger partial charge on any atom is 0.165 e. The van der Waals surface area contributed by atoms with E-state index in [1.54, 1.807) is 14.2 Å². The lowest BCUT2D eigenvalue weighted by Gasteiger charge is -2.42. The molecular weight excluding hydrogens is 330 g/mol. The Morgan fingerprint density at radius 1 is 1.04 bits per heavy atom. The molecule has 0 bridgehead atoms. The number of fused-ring (bicyclic) bond motifs is 4. The highest BCUT2D eigenvalue weighted by atomic mass is 16.5. The van der Waals surface area contributed by atoms with Gasteiger partial charge in [-0.2, -0.15) is 0 Å². The van der Waals surface area contributed by atoms with Gasteiger partial charge < -0.3 is 19.7 Å². The van der Waals surface area contributed by atoms with Crippen molar-refractivity contribution in [1.29, 1.82) is 0 Å². The van der Waals surface area contributed by atoms with Crippen molar-refractivity contribution in [2.24, 2.45) is 0 Å². The van der Waals surface area contributed by atoms with Gasteiger partial charge in [-0.1, -0.05) is 18.2 Å². The van der Waals surface area contributed by atoms with E-state index in [0.29, 0.717) is 6.04 Å². The molecule has 2 N–H and O–H groups in total. The molecule has 5 heteroatoms. The Morgan fingerprint density at radius 2 is 1.81 bits per heavy atom. The van der Waals surface area contributed by atoms with Crippen LogP contribution in [0.5, 0.6) is 11.5 Å². The predicted octanol–water partition coefficient (Wildman–Crippen LogP) is 2.34. The lowest BCUT2D eigenvalue weighted by molar-refractivity contribution is 0.157. The molecule has 2 aromatic rings. The average molecular weight is 355 g/mol. The molecule has 2 aliphatic rings. The fourth-order valence-corrected chi connectivity index (χ4v) is 4.43. The van der Waals surface area contributed by atoms with Crippen LogP contribution in [0.25, 0.3) is 0 Å². The average Bonchev–Trinajstić information content (AvgIpc) is 2.70. The third-order valence-corrected chi connectivity index (χ3v) is 5.79. The number of rotatable bonds is 4. The van der Waals surface area contributed by atoms with E-state index in [0.717, 1.165) is 48.6 Å². The Bertz CT molecular complexity index is 833. The number of benzene rings is 2. The van der Waals surface area contributed by atoms with E-state index in [9.17, 15) is 10.2 Å². The molecule has 0 fully saturated rings. The summed E-state index contributed by atoms with van der Waals surface area (Å²) in [7, 11) is 3.36. The van der Waals surface area contributed by atoms with E-state index in [-0.39, 0.29) is 13.2 Å². The maximum atomic E-state index is 9.68. The third-order valence-electron chi connectivity index (χ3n) is 5.79. The first kappa shape index (κ1) is 17.3. The highest BCUT2D eigenvalue weighted by molar-refractivity contribution is 5.53. The van der Waals surface area contributed by atoms with Crippen molar-refractivity contribution < 1.29 is 19.7 Å². The van der Waals surface area contributed by atoms with E-state index in [1.165, 1.54) is 22.3 Å². The second-order valence-electron chi connectivity index (χ2n) is 7.02. The van der Waals surface area contributed by atoms with Crippen molar-refractivity contribution in [3.05, 3.63) is 57.6 Å². The summed E-state index contributed by atoms with van der Waals surface area (Å²) < 4.78 is 11.1. The molecule has 0 aromatic heterocycles. The number of nitrogens with zero attached hydrogens (tertiary/aromatic N) is 1. The second-order valence-corrected chi connectivity index (χ2v) is 7.02. The zero-order chi connectivity index (χ0) is 18.3. The molecule has 4 rings (SSSR count). The van der Waals surface area contributed by atoms with Crippen LogP contribution >= 0.6 is 0 Å². The number of ether oxygens (including phenoxy) is 2. The molecule has 0 radical (unpaired) electrons. The van der Waals surface area contributed by atoms with E-state index < -0.39 is 0 Å². The molecule has 138 valence electrons. The number of methoxy groups -OCH3 is 2. The van der Waals surface area contributed by atoms with Gasteiger partial charge in [-0.15, -0.1) is 0 Å². The van der Waals surface area contributed by atoms with Gasteiger partial charge >= 0.3 is 0 Å². The van der Waals surface area contributed by atoms with Crippen molar-refractivity contribution in [2.45, 2.75) is 38.6 Å². The van der Waals surface area contributed by atoms with Crippen LogP contribution in [0.4, 0.5) is 0 Å². The summed E-state index contributed by atoms with van der Waals surface area (Å²) in [6, 6.07) is 8.57. The fraction of sp³-hybridized carbons (Fsp3) is 0.429. The van der Waals surface area contributed by atoms with Crippen molar-refractivity contribution in [2.75, 3.05) is 20.8 Å². The fourth-order valence-electron chi connectivity index (χ4n) is 4.43. The molecule has 1 atom stereocenters. The molecule has 0 unspecified atom stereocenters. The van der Waals surface area contributed by atoms with E-state index in [2.05, 4.69) is 23.1 Å². The Hall–Kier alpha value is -2.08. The summed E-state index contributed by atoms with van der Waals surface area (Å²) in [5.41, 5.74) is 6.72. The van der Waals surface area contributed by atoms with Crippen molar-refractivity contribution >= 4 is 0 Å². The summed E-state index contributed by atoms with van der Waals surface area (Å²) >= 11 is 0. The van der Waals surface area contributed by atoms with Gasteiger partial charge in [0.15, 0.2) is 11.5 Å². The topological polar surface area (TPSA) is 62.2 Å². The Labute approximate surface area is 153 Å². The molecular formula is C21H25NO4. The molecule has 0 aliphatic carbocycles. The molecule has 2 heterocycles. The van der Waals surface area contributed by atoms with Crippen LogP contribution in [0.2, 0.25) is 0 Å². The van der Waals surface area contributed by atoms with E-state index in [1.807, 2.05) is 6.07 Å². The Kier molecular flexibility index (Phi) is 4.61. The van der Waals surface area contributed by atoms with Crippen LogP contribution in [0.15, 0.2) is 24.3 Å². The summed E-state index contributed by atoms with van der Waals surface area (Å²) in [6.45, 7) is 1.73. The van der Waals surface area contributed by atoms with Crippen LogP contribution in [0.3, 0.4) is 0 Å². The zero-order valence-electron chi connectivity index (χ0n) is 15.3. The SMILES string of the molecule is COc1ccc2c(c1OC)CN1CCc3cc(CO)c(CO)cc3[C@H]1C2. The highest BCUT2D eigenvalue weighted by Gasteiger charge is 2.34. The molecule has 0 amide bonds. The molecule has 0 saturated carbocycles. The first-order valence-electron chi connectivity index (χ1n) is 9.03. The van der Waals surface area contributed by atoms with Gasteiger partial charge in [0.05, 0.1) is 27.4 Å². The molecule has 5 nitrogen and oxygen atoms in total. The number of aliphatic hydroxyl groups is 2. The minimum atomic E-state index is -0.0441. The van der Waals surface area contributed by atoms with Crippen molar-refractivity contribution in [1.82, 2.24) is 4.90 Å². The van der Waals surface area contributed by atoms with Crippen LogP contribution in [-0.2, 0) is 32.6 Å². The quantitative estimate of drug-likeness (QED) is 0.882. The van der Waals surface area contributed by atoms with Gasteiger partial charge in [-0.25, -0.2) is 0 Å². The summed E-state index contributed by atoms with van der Waals surface area (Å²) in [5.74, 6) is 1.61. The lowest BCUT2D eigenvalue weighted by Crippen LogP contribution is -2.39. The van der Waals surface area contributed by atoms with Gasteiger partial charge in [-0.05, 0) is 46.7 Å². The zero-order valence-corrected chi connectivity index (χ0v) is 15.3. The summed E-state index contributed by atoms with van der Waals surface area (Å²) in [6.07, 6.45) is 1.86. The summed E-state index contributed by atoms with van der Waals surface area (Å²) in [5, 5.41) is 19.2. The van der Waals surface area contributed by atoms with Crippen molar-refractivity contribution in [3.63, 3.8) is 0 Å². The van der Waals surface area contributed by atoms with Crippen LogP contribution in [0.1, 0.15) is 39.4 Å². The van der Waals surface area contributed by atoms with E-state index >= 15 is 0 Å². The largest absolute Gasteiger partial charge is 0.493 e. The maximum absolute atomic E-state index is 9.68. The Balaban J connectivity index is 1.76. The first-order chi connectivity index (χ1) is 12.7. The summed E-state index contributed by atoms with van der Waals surface area (Å²) in [4.78, 5) is 2.48. The van der Waals surface area contributed by atoms with Gasteiger partial charge in [0.2, 0.25) is 0 Å². The van der Waals surface area contributed by atoms with Gasteiger partial charge in [0, 0.05) is 24.7 Å². The molecule has 26 heavy (non-hydrogen) atoms. The number of aliphatic hydroxyl groups excluding tert-OH is 2. The van der Waals surface area contributed by atoms with Gasteiger partial charge in [0.1, 0.15) is 0 Å². The predicted molar refractivity (Wildman–Crippen MR) is 98.4 cm³/mol. The van der Waals surface area contributed by atoms with Gasteiger partial charge in [0.25, 0.3) is 0 Å². The van der Waals surface area contributed by atoms with Crippen LogP contribution in [-0.4, -0.2) is 35.9 Å². The third kappa shape index (κ3) is 2.67. The number of hydrogen-bond acceptors (Lipinski definition) is 5. The Morgan fingerprint density at radius 3 is 2.50 bits per heavy atom. The first-order valence-corrected chi connectivity index (χ1v) is 9.03. The van der Waals surface area contributed by atoms with Gasteiger partial charge in [-0.3, -0.25) is 4.90 Å². The molecule has 0 saturated heterocycles. The molecule has 2 aliphatic heterocycles. The minimum Gasteiger partial charge on any atom is -0.493 e.